The van der Waals surface area contributed by atoms with Gasteiger partial charge in [0.2, 0.25) is 0 Å². The average molecular weight is 277 g/mol. The molecule has 1 aliphatic carbocycles. The van der Waals surface area contributed by atoms with Gasteiger partial charge >= 0.3 is 0 Å². The van der Waals surface area contributed by atoms with E-state index in [2.05, 4.69) is 22.0 Å². The summed E-state index contributed by atoms with van der Waals surface area (Å²) in [5.41, 5.74) is 8.01. The van der Waals surface area contributed by atoms with Crippen molar-refractivity contribution in [1.82, 2.24) is 20.0 Å². The number of nitrogens with one attached hydrogen (secondary N) is 1. The predicted molar refractivity (Wildman–Crippen MR) is 77.6 cm³/mol. The molecule has 0 radical (unpaired) electrons. The number of nitrogens with two attached hydrogens (primary N) is 1. The van der Waals surface area contributed by atoms with Crippen molar-refractivity contribution in [3.05, 3.63) is 11.4 Å². The second kappa shape index (κ2) is 5.44. The Morgan fingerprint density at radius 2 is 2.05 bits per heavy atom. The van der Waals surface area contributed by atoms with Crippen LogP contribution in [0, 0.1) is 0 Å². The van der Waals surface area contributed by atoms with Crippen molar-refractivity contribution in [3.8, 4) is 0 Å². The fraction of sp³-hybridized carbons (Fsp3) is 0.714. The molecule has 0 aromatic carbocycles. The van der Waals surface area contributed by atoms with Crippen LogP contribution in [0.15, 0.2) is 0 Å². The van der Waals surface area contributed by atoms with Gasteiger partial charge in [0, 0.05) is 32.1 Å². The quantitative estimate of drug-likeness (QED) is 0.862. The van der Waals surface area contributed by atoms with Gasteiger partial charge in [-0.25, -0.2) is 0 Å². The summed E-state index contributed by atoms with van der Waals surface area (Å²) in [4.78, 5) is 16.8. The van der Waals surface area contributed by atoms with Gasteiger partial charge in [0.1, 0.15) is 0 Å². The summed E-state index contributed by atoms with van der Waals surface area (Å²) in [6, 6.07) is 0. The summed E-state index contributed by atoms with van der Waals surface area (Å²) >= 11 is 0. The van der Waals surface area contributed by atoms with Crippen LogP contribution in [0.4, 0.5) is 5.69 Å². The van der Waals surface area contributed by atoms with E-state index in [1.54, 1.807) is 0 Å². The summed E-state index contributed by atoms with van der Waals surface area (Å²) in [6.07, 6.45) is 3.45. The minimum absolute atomic E-state index is 0.0261. The predicted octanol–water partition coefficient (Wildman–Crippen LogP) is 1.04. The summed E-state index contributed by atoms with van der Waals surface area (Å²) in [7, 11) is 0. The first-order chi connectivity index (χ1) is 9.70. The molecule has 0 bridgehead atoms. The number of carbonyl (C=O) groups excluding carboxylic acids is 1. The van der Waals surface area contributed by atoms with Gasteiger partial charge in [-0.05, 0) is 25.8 Å². The SMILES string of the molecule is CCCN1CCN(C(=O)c2n[nH]c(C3CC3)c2N)CC1. The Labute approximate surface area is 119 Å². The summed E-state index contributed by atoms with van der Waals surface area (Å²) < 4.78 is 0. The molecule has 6 heteroatoms. The maximum Gasteiger partial charge on any atom is 0.276 e. The molecular formula is C14H23N5O. The minimum atomic E-state index is -0.0261. The number of amides is 1. The molecule has 1 aromatic heterocycles. The second-order valence-corrected chi connectivity index (χ2v) is 5.81. The average Bonchev–Trinajstić information content (AvgIpc) is 3.23. The third-order valence-electron chi connectivity index (χ3n) is 4.22. The highest BCUT2D eigenvalue weighted by Crippen LogP contribution is 2.42. The number of rotatable bonds is 4. The molecule has 0 atom stereocenters. The summed E-state index contributed by atoms with van der Waals surface area (Å²) in [5, 5.41) is 7.10. The number of piperazine rings is 1. The van der Waals surface area contributed by atoms with E-state index in [1.807, 2.05) is 4.90 Å². The van der Waals surface area contributed by atoms with Crippen LogP contribution >= 0.6 is 0 Å². The van der Waals surface area contributed by atoms with Crippen molar-refractivity contribution in [1.29, 1.82) is 0 Å². The molecule has 1 saturated heterocycles. The van der Waals surface area contributed by atoms with Crippen LogP contribution in [0.3, 0.4) is 0 Å². The normalized spacial score (nSPS) is 20.4. The Bertz CT molecular complexity index is 486. The van der Waals surface area contributed by atoms with Crippen molar-refractivity contribution >= 4 is 11.6 Å². The topological polar surface area (TPSA) is 78.2 Å². The molecule has 0 unspecified atom stereocenters. The molecule has 1 aliphatic heterocycles. The molecule has 20 heavy (non-hydrogen) atoms. The van der Waals surface area contributed by atoms with Gasteiger partial charge < -0.3 is 10.6 Å². The lowest BCUT2D eigenvalue weighted by atomic mass is 10.2. The van der Waals surface area contributed by atoms with E-state index in [0.29, 0.717) is 17.3 Å². The molecule has 1 saturated carbocycles. The first-order valence-corrected chi connectivity index (χ1v) is 7.56. The maximum atomic E-state index is 12.5. The molecule has 1 aromatic rings. The Kier molecular flexibility index (Phi) is 3.65. The van der Waals surface area contributed by atoms with Gasteiger partial charge in [-0.15, -0.1) is 0 Å². The Morgan fingerprint density at radius 3 is 2.65 bits per heavy atom. The molecular weight excluding hydrogens is 254 g/mol. The van der Waals surface area contributed by atoms with E-state index >= 15 is 0 Å². The van der Waals surface area contributed by atoms with Crippen LogP contribution in [0.1, 0.15) is 48.3 Å². The van der Waals surface area contributed by atoms with Crippen LogP contribution in [-0.2, 0) is 0 Å². The number of nitrogens with zero attached hydrogens (tertiary/aromatic N) is 3. The first-order valence-electron chi connectivity index (χ1n) is 7.56. The van der Waals surface area contributed by atoms with Crippen molar-refractivity contribution < 1.29 is 4.79 Å². The third-order valence-corrected chi connectivity index (χ3v) is 4.22. The highest BCUT2D eigenvalue weighted by atomic mass is 16.2. The molecule has 2 fully saturated rings. The van der Waals surface area contributed by atoms with Crippen LogP contribution < -0.4 is 5.73 Å². The number of hydrogen-bond acceptors (Lipinski definition) is 4. The van der Waals surface area contributed by atoms with Gasteiger partial charge in [0.15, 0.2) is 5.69 Å². The molecule has 1 amide bonds. The highest BCUT2D eigenvalue weighted by molar-refractivity contribution is 5.97. The second-order valence-electron chi connectivity index (χ2n) is 5.81. The number of anilines is 1. The van der Waals surface area contributed by atoms with Gasteiger partial charge in [-0.3, -0.25) is 14.8 Å². The Balaban J connectivity index is 1.64. The smallest absolute Gasteiger partial charge is 0.276 e. The molecule has 0 spiro atoms. The maximum absolute atomic E-state index is 12.5. The number of nitrogen functional groups attached to an aromatic ring is 1. The number of hydrogen-bond donors (Lipinski definition) is 2. The highest BCUT2D eigenvalue weighted by Gasteiger charge is 2.32. The van der Waals surface area contributed by atoms with Gasteiger partial charge in [-0.2, -0.15) is 5.10 Å². The number of H-pyrrole nitrogens is 1. The monoisotopic (exact) mass is 277 g/mol. The van der Waals surface area contributed by atoms with Gasteiger partial charge in [0.05, 0.1) is 11.4 Å². The minimum Gasteiger partial charge on any atom is -0.395 e. The van der Waals surface area contributed by atoms with Gasteiger partial charge in [-0.1, -0.05) is 6.92 Å². The van der Waals surface area contributed by atoms with Crippen molar-refractivity contribution in [2.75, 3.05) is 38.5 Å². The standard InChI is InChI=1S/C14H23N5O/c1-2-5-18-6-8-19(9-7-18)14(20)13-11(15)12(16-17-13)10-3-4-10/h10H,2-9,15H2,1H3,(H,16,17). The Hall–Kier alpha value is -1.56. The first kappa shape index (κ1) is 13.4. The van der Waals surface area contributed by atoms with E-state index in [0.717, 1.165) is 57.7 Å². The zero-order chi connectivity index (χ0) is 14.1. The van der Waals surface area contributed by atoms with Crippen molar-refractivity contribution in [2.24, 2.45) is 0 Å². The lowest BCUT2D eigenvalue weighted by Gasteiger charge is -2.34. The fourth-order valence-electron chi connectivity index (χ4n) is 2.85. The molecule has 2 heterocycles. The molecule has 3 rings (SSSR count). The van der Waals surface area contributed by atoms with Crippen LogP contribution in [0.25, 0.3) is 0 Å². The third kappa shape index (κ3) is 2.52. The van der Waals surface area contributed by atoms with E-state index < -0.39 is 0 Å². The van der Waals surface area contributed by atoms with Gasteiger partial charge in [0.25, 0.3) is 5.91 Å². The number of aromatic amines is 1. The summed E-state index contributed by atoms with van der Waals surface area (Å²) in [6.45, 7) is 6.71. The number of aromatic nitrogens is 2. The summed E-state index contributed by atoms with van der Waals surface area (Å²) in [5.74, 6) is 0.465. The van der Waals surface area contributed by atoms with E-state index in [4.69, 9.17) is 5.73 Å². The van der Waals surface area contributed by atoms with Crippen molar-refractivity contribution in [2.45, 2.75) is 32.1 Å². The molecule has 6 nitrogen and oxygen atoms in total. The van der Waals surface area contributed by atoms with E-state index in [9.17, 15) is 4.79 Å². The van der Waals surface area contributed by atoms with Crippen LogP contribution in [0.5, 0.6) is 0 Å². The zero-order valence-electron chi connectivity index (χ0n) is 12.1. The van der Waals surface area contributed by atoms with Crippen LogP contribution in [-0.4, -0.2) is 58.6 Å². The largest absolute Gasteiger partial charge is 0.395 e. The molecule has 2 aliphatic rings. The zero-order valence-corrected chi connectivity index (χ0v) is 12.1. The van der Waals surface area contributed by atoms with E-state index in [1.165, 1.54) is 0 Å². The number of carbonyl (C=O) groups is 1. The van der Waals surface area contributed by atoms with Crippen LogP contribution in [0.2, 0.25) is 0 Å². The molecule has 110 valence electrons. The lowest BCUT2D eigenvalue weighted by Crippen LogP contribution is -2.49. The van der Waals surface area contributed by atoms with E-state index in [-0.39, 0.29) is 5.91 Å². The van der Waals surface area contributed by atoms with Crippen molar-refractivity contribution in [3.63, 3.8) is 0 Å². The fourth-order valence-corrected chi connectivity index (χ4v) is 2.85. The lowest BCUT2D eigenvalue weighted by molar-refractivity contribution is 0.0632. The molecule has 3 N–H and O–H groups in total. The Morgan fingerprint density at radius 1 is 1.35 bits per heavy atom.